The fourth-order valence-electron chi connectivity index (χ4n) is 3.18. The number of nitrogens with one attached hydrogen (secondary N) is 1. The molecule has 0 unspecified atom stereocenters. The van der Waals surface area contributed by atoms with Gasteiger partial charge in [0.1, 0.15) is 0 Å². The highest BCUT2D eigenvalue weighted by atomic mass is 16.1. The van der Waals surface area contributed by atoms with Gasteiger partial charge in [-0.15, -0.1) is 0 Å². The summed E-state index contributed by atoms with van der Waals surface area (Å²) in [4.78, 5) is 14.9. The first-order chi connectivity index (χ1) is 10.7. The van der Waals surface area contributed by atoms with Crippen LogP contribution < -0.4 is 5.32 Å². The molecule has 1 N–H and O–H groups in total. The first-order valence-corrected chi connectivity index (χ1v) is 8.75. The Morgan fingerprint density at radius 3 is 2.59 bits per heavy atom. The van der Waals surface area contributed by atoms with E-state index in [-0.39, 0.29) is 11.8 Å². The maximum atomic E-state index is 12.3. The second kappa shape index (κ2) is 8.94. The Morgan fingerprint density at radius 2 is 1.95 bits per heavy atom. The standard InChI is InChI=1S/C19H30N2O/c1-3-18(17-8-5-4-6-9-17)19(22)20-12-7-13-21-14-10-16(2)11-15-21/h4-6,8-9,16,18H,3,7,10-15H2,1-2H3,(H,20,22)/t18-/m0/s1. The molecule has 22 heavy (non-hydrogen) atoms. The van der Waals surface area contributed by atoms with Gasteiger partial charge in [-0.3, -0.25) is 4.79 Å². The van der Waals surface area contributed by atoms with Crippen LogP contribution in [-0.2, 0) is 4.79 Å². The average molecular weight is 302 g/mol. The van der Waals surface area contributed by atoms with Gasteiger partial charge in [-0.25, -0.2) is 0 Å². The van der Waals surface area contributed by atoms with Crippen molar-refractivity contribution in [3.63, 3.8) is 0 Å². The quantitative estimate of drug-likeness (QED) is 0.783. The Bertz CT molecular complexity index is 438. The molecule has 1 aliphatic heterocycles. The fraction of sp³-hybridized carbons (Fsp3) is 0.632. The van der Waals surface area contributed by atoms with Crippen molar-refractivity contribution in [3.05, 3.63) is 35.9 Å². The predicted molar refractivity (Wildman–Crippen MR) is 91.9 cm³/mol. The van der Waals surface area contributed by atoms with Crippen LogP contribution in [0.1, 0.15) is 51.0 Å². The Morgan fingerprint density at radius 1 is 1.27 bits per heavy atom. The van der Waals surface area contributed by atoms with Gasteiger partial charge in [-0.05, 0) is 56.8 Å². The first-order valence-electron chi connectivity index (χ1n) is 8.75. The van der Waals surface area contributed by atoms with E-state index < -0.39 is 0 Å². The third-order valence-corrected chi connectivity index (χ3v) is 4.75. The summed E-state index contributed by atoms with van der Waals surface area (Å²) < 4.78 is 0. The lowest BCUT2D eigenvalue weighted by Crippen LogP contribution is -2.36. The lowest BCUT2D eigenvalue weighted by molar-refractivity contribution is -0.122. The second-order valence-corrected chi connectivity index (χ2v) is 6.54. The zero-order chi connectivity index (χ0) is 15.8. The Hall–Kier alpha value is -1.35. The predicted octanol–water partition coefficient (Wildman–Crippen LogP) is 3.42. The number of likely N-dealkylation sites (tertiary alicyclic amines) is 1. The van der Waals surface area contributed by atoms with Gasteiger partial charge in [0, 0.05) is 6.54 Å². The third-order valence-electron chi connectivity index (χ3n) is 4.75. The number of amides is 1. The van der Waals surface area contributed by atoms with E-state index in [9.17, 15) is 4.79 Å². The van der Waals surface area contributed by atoms with Crippen molar-refractivity contribution in [1.29, 1.82) is 0 Å². The molecule has 1 aromatic carbocycles. The minimum atomic E-state index is -0.0166. The van der Waals surface area contributed by atoms with E-state index in [1.54, 1.807) is 0 Å². The highest BCUT2D eigenvalue weighted by Crippen LogP contribution is 2.19. The maximum Gasteiger partial charge on any atom is 0.227 e. The van der Waals surface area contributed by atoms with E-state index in [0.29, 0.717) is 0 Å². The number of carbonyl (C=O) groups excluding carboxylic acids is 1. The Kier molecular flexibility index (Phi) is 6.91. The molecule has 1 atom stereocenters. The molecule has 0 aromatic heterocycles. The molecule has 0 spiro atoms. The summed E-state index contributed by atoms with van der Waals surface area (Å²) in [6.45, 7) is 8.74. The molecule has 122 valence electrons. The van der Waals surface area contributed by atoms with E-state index >= 15 is 0 Å². The largest absolute Gasteiger partial charge is 0.356 e. The summed E-state index contributed by atoms with van der Waals surface area (Å²) in [5, 5.41) is 3.11. The second-order valence-electron chi connectivity index (χ2n) is 6.54. The molecule has 1 amide bonds. The van der Waals surface area contributed by atoms with Crippen LogP contribution in [0.3, 0.4) is 0 Å². The maximum absolute atomic E-state index is 12.3. The number of hydrogen-bond acceptors (Lipinski definition) is 2. The number of carbonyl (C=O) groups is 1. The summed E-state index contributed by atoms with van der Waals surface area (Å²) in [6.07, 6.45) is 4.53. The summed E-state index contributed by atoms with van der Waals surface area (Å²) in [6, 6.07) is 10.1. The molecule has 0 bridgehead atoms. The fourth-order valence-corrected chi connectivity index (χ4v) is 3.18. The van der Waals surface area contributed by atoms with Gasteiger partial charge in [0.2, 0.25) is 5.91 Å². The highest BCUT2D eigenvalue weighted by molar-refractivity contribution is 5.83. The molecular weight excluding hydrogens is 272 g/mol. The number of hydrogen-bond donors (Lipinski definition) is 1. The molecule has 3 nitrogen and oxygen atoms in total. The summed E-state index contributed by atoms with van der Waals surface area (Å²) in [5.41, 5.74) is 1.12. The SMILES string of the molecule is CC[C@H](C(=O)NCCCN1CCC(C)CC1)c1ccccc1. The molecule has 1 heterocycles. The average Bonchev–Trinajstić information content (AvgIpc) is 2.55. The van der Waals surface area contributed by atoms with Crippen molar-refractivity contribution in [2.24, 2.45) is 5.92 Å². The molecular formula is C19H30N2O. The summed E-state index contributed by atoms with van der Waals surface area (Å²) in [7, 11) is 0. The van der Waals surface area contributed by atoms with Crippen molar-refractivity contribution in [2.75, 3.05) is 26.2 Å². The smallest absolute Gasteiger partial charge is 0.227 e. The van der Waals surface area contributed by atoms with Crippen LogP contribution >= 0.6 is 0 Å². The third kappa shape index (κ3) is 5.13. The minimum absolute atomic E-state index is 0.0166. The zero-order valence-corrected chi connectivity index (χ0v) is 14.1. The van der Waals surface area contributed by atoms with Gasteiger partial charge in [-0.2, -0.15) is 0 Å². The minimum Gasteiger partial charge on any atom is -0.356 e. The van der Waals surface area contributed by atoms with Crippen LogP contribution in [0.5, 0.6) is 0 Å². The monoisotopic (exact) mass is 302 g/mol. The van der Waals surface area contributed by atoms with Gasteiger partial charge >= 0.3 is 0 Å². The molecule has 1 aromatic rings. The number of rotatable bonds is 7. The van der Waals surface area contributed by atoms with Crippen molar-refractivity contribution in [2.45, 2.75) is 45.4 Å². The lowest BCUT2D eigenvalue weighted by Gasteiger charge is -2.30. The molecule has 0 saturated carbocycles. The van der Waals surface area contributed by atoms with Crippen LogP contribution in [0.15, 0.2) is 30.3 Å². The van der Waals surface area contributed by atoms with E-state index in [0.717, 1.165) is 37.4 Å². The zero-order valence-electron chi connectivity index (χ0n) is 14.1. The number of piperidine rings is 1. The molecule has 0 aliphatic carbocycles. The molecule has 1 fully saturated rings. The van der Waals surface area contributed by atoms with Crippen molar-refractivity contribution in [3.8, 4) is 0 Å². The molecule has 0 radical (unpaired) electrons. The summed E-state index contributed by atoms with van der Waals surface area (Å²) in [5.74, 6) is 1.03. The van der Waals surface area contributed by atoms with Crippen molar-refractivity contribution >= 4 is 5.91 Å². The summed E-state index contributed by atoms with van der Waals surface area (Å²) >= 11 is 0. The molecule has 2 rings (SSSR count). The van der Waals surface area contributed by atoms with E-state index in [4.69, 9.17) is 0 Å². The number of benzene rings is 1. The van der Waals surface area contributed by atoms with Gasteiger partial charge in [0.05, 0.1) is 5.92 Å². The van der Waals surface area contributed by atoms with Crippen LogP contribution in [-0.4, -0.2) is 37.0 Å². The van der Waals surface area contributed by atoms with Crippen LogP contribution in [0.4, 0.5) is 0 Å². The van der Waals surface area contributed by atoms with Crippen LogP contribution in [0.25, 0.3) is 0 Å². The van der Waals surface area contributed by atoms with Crippen molar-refractivity contribution in [1.82, 2.24) is 10.2 Å². The van der Waals surface area contributed by atoms with Gasteiger partial charge in [0.15, 0.2) is 0 Å². The van der Waals surface area contributed by atoms with Gasteiger partial charge in [-0.1, -0.05) is 44.2 Å². The molecule has 1 saturated heterocycles. The highest BCUT2D eigenvalue weighted by Gasteiger charge is 2.18. The lowest BCUT2D eigenvalue weighted by atomic mass is 9.95. The first kappa shape index (κ1) is 17.0. The topological polar surface area (TPSA) is 32.3 Å². The Labute approximate surface area is 135 Å². The normalized spacial score (nSPS) is 18.1. The molecule has 1 aliphatic rings. The van der Waals surface area contributed by atoms with Gasteiger partial charge in [0.25, 0.3) is 0 Å². The number of nitrogens with zero attached hydrogens (tertiary/aromatic N) is 1. The van der Waals surface area contributed by atoms with E-state index in [1.165, 1.54) is 25.9 Å². The van der Waals surface area contributed by atoms with Gasteiger partial charge < -0.3 is 10.2 Å². The van der Waals surface area contributed by atoms with E-state index in [1.807, 2.05) is 30.3 Å². The van der Waals surface area contributed by atoms with E-state index in [2.05, 4.69) is 24.1 Å². The van der Waals surface area contributed by atoms with Crippen molar-refractivity contribution < 1.29 is 4.79 Å². The van der Waals surface area contributed by atoms with Crippen LogP contribution in [0.2, 0.25) is 0 Å². The molecule has 3 heteroatoms. The Balaban J connectivity index is 1.68. The van der Waals surface area contributed by atoms with Crippen LogP contribution in [0, 0.1) is 5.92 Å².